The SMILES string of the molecule is C[C@H](CO)N1C[C@H](C)[C@H](CN(C)Cc2ccc(Oc3ccccc3)cc2)Oc2ccc(NC(=O)Nc3ccc4c(c3)OCO4)cc2CC1=O. The fourth-order valence-electron chi connectivity index (χ4n) is 5.96. The zero-order valence-corrected chi connectivity index (χ0v) is 27.9. The quantitative estimate of drug-likeness (QED) is 0.185. The minimum atomic E-state index is -0.447. The highest BCUT2D eigenvalue weighted by Gasteiger charge is 2.31. The fraction of sp³-hybridized carbons (Fsp3) is 0.316. The predicted molar refractivity (Wildman–Crippen MR) is 186 cm³/mol. The molecule has 3 amide bonds. The third-order valence-corrected chi connectivity index (χ3v) is 8.65. The molecule has 49 heavy (non-hydrogen) atoms. The average Bonchev–Trinajstić information content (AvgIpc) is 3.57. The summed E-state index contributed by atoms with van der Waals surface area (Å²) in [5.41, 5.74) is 2.83. The van der Waals surface area contributed by atoms with E-state index in [-0.39, 0.29) is 43.8 Å². The summed E-state index contributed by atoms with van der Waals surface area (Å²) in [5.74, 6) is 3.17. The van der Waals surface area contributed by atoms with Crippen LogP contribution in [-0.4, -0.2) is 72.5 Å². The van der Waals surface area contributed by atoms with E-state index in [0.717, 1.165) is 17.1 Å². The summed E-state index contributed by atoms with van der Waals surface area (Å²) in [6.45, 7) is 5.61. The maximum Gasteiger partial charge on any atom is 0.323 e. The van der Waals surface area contributed by atoms with Crippen molar-refractivity contribution in [1.29, 1.82) is 0 Å². The van der Waals surface area contributed by atoms with E-state index in [2.05, 4.69) is 34.6 Å². The Kier molecular flexibility index (Phi) is 10.5. The molecule has 11 heteroatoms. The second kappa shape index (κ2) is 15.3. The average molecular weight is 667 g/mol. The Balaban J connectivity index is 1.15. The van der Waals surface area contributed by atoms with Gasteiger partial charge in [-0.3, -0.25) is 9.69 Å². The summed E-state index contributed by atoms with van der Waals surface area (Å²) in [5, 5.41) is 15.7. The summed E-state index contributed by atoms with van der Waals surface area (Å²) in [7, 11) is 2.04. The Bertz CT molecular complexity index is 1750. The van der Waals surface area contributed by atoms with Crippen molar-refractivity contribution in [2.75, 3.05) is 44.2 Å². The summed E-state index contributed by atoms with van der Waals surface area (Å²) in [6.07, 6.45) is -0.206. The molecule has 2 aliphatic rings. The van der Waals surface area contributed by atoms with Crippen LogP contribution in [0.4, 0.5) is 16.2 Å². The van der Waals surface area contributed by atoms with Crippen LogP contribution in [0.25, 0.3) is 0 Å². The van der Waals surface area contributed by atoms with Gasteiger partial charge in [-0.05, 0) is 74.1 Å². The van der Waals surface area contributed by atoms with Crippen molar-refractivity contribution >= 4 is 23.3 Å². The topological polar surface area (TPSA) is 122 Å². The van der Waals surface area contributed by atoms with Crippen molar-refractivity contribution in [1.82, 2.24) is 9.80 Å². The van der Waals surface area contributed by atoms with Crippen LogP contribution >= 0.6 is 0 Å². The third kappa shape index (κ3) is 8.62. The number of benzene rings is 4. The summed E-state index contributed by atoms with van der Waals surface area (Å²) in [6, 6.07) is 27.4. The molecule has 0 bridgehead atoms. The molecule has 11 nitrogen and oxygen atoms in total. The van der Waals surface area contributed by atoms with Gasteiger partial charge in [0, 0.05) is 48.6 Å². The first-order chi connectivity index (χ1) is 23.7. The number of carbonyl (C=O) groups excluding carboxylic acids is 2. The number of urea groups is 1. The van der Waals surface area contributed by atoms with Crippen LogP contribution < -0.4 is 29.6 Å². The molecule has 4 aromatic rings. The second-order valence-electron chi connectivity index (χ2n) is 12.6. The van der Waals surface area contributed by atoms with Gasteiger partial charge in [-0.15, -0.1) is 0 Å². The van der Waals surface area contributed by atoms with Crippen molar-refractivity contribution in [2.24, 2.45) is 5.92 Å². The van der Waals surface area contributed by atoms with Gasteiger partial charge in [0.15, 0.2) is 11.5 Å². The smallest absolute Gasteiger partial charge is 0.323 e. The van der Waals surface area contributed by atoms with E-state index in [9.17, 15) is 14.7 Å². The van der Waals surface area contributed by atoms with Gasteiger partial charge in [0.2, 0.25) is 12.7 Å². The molecule has 0 aromatic heterocycles. The van der Waals surface area contributed by atoms with Crippen LogP contribution in [0.3, 0.4) is 0 Å². The molecule has 2 aliphatic heterocycles. The highest BCUT2D eigenvalue weighted by atomic mass is 16.7. The van der Waals surface area contributed by atoms with Crippen LogP contribution in [0.2, 0.25) is 0 Å². The predicted octanol–water partition coefficient (Wildman–Crippen LogP) is 6.13. The number of ether oxygens (including phenoxy) is 4. The first-order valence-corrected chi connectivity index (χ1v) is 16.4. The molecule has 0 saturated carbocycles. The molecule has 0 spiro atoms. The molecule has 0 saturated heterocycles. The first kappa shape index (κ1) is 33.6. The van der Waals surface area contributed by atoms with E-state index >= 15 is 0 Å². The Morgan fingerprint density at radius 3 is 2.35 bits per heavy atom. The van der Waals surface area contributed by atoms with E-state index < -0.39 is 6.03 Å². The van der Waals surface area contributed by atoms with Gasteiger partial charge in [-0.2, -0.15) is 0 Å². The number of aliphatic hydroxyl groups is 1. The van der Waals surface area contributed by atoms with Gasteiger partial charge in [-0.25, -0.2) is 4.79 Å². The number of rotatable bonds is 10. The molecule has 0 radical (unpaired) electrons. The lowest BCUT2D eigenvalue weighted by atomic mass is 10.0. The first-order valence-electron chi connectivity index (χ1n) is 16.4. The molecule has 256 valence electrons. The molecule has 0 aliphatic carbocycles. The molecule has 0 unspecified atom stereocenters. The molecule has 6 rings (SSSR count). The number of aliphatic hydroxyl groups excluding tert-OH is 1. The minimum absolute atomic E-state index is 0.0433. The highest BCUT2D eigenvalue weighted by Crippen LogP contribution is 2.34. The number of carbonyl (C=O) groups is 2. The van der Waals surface area contributed by atoms with Gasteiger partial charge >= 0.3 is 6.03 Å². The monoisotopic (exact) mass is 666 g/mol. The van der Waals surface area contributed by atoms with Crippen LogP contribution in [0.5, 0.6) is 28.7 Å². The number of likely N-dealkylation sites (N-methyl/N-ethyl adjacent to an activating group) is 1. The van der Waals surface area contributed by atoms with E-state index in [1.165, 1.54) is 0 Å². The highest BCUT2D eigenvalue weighted by molar-refractivity contribution is 6.00. The van der Waals surface area contributed by atoms with Gasteiger partial charge < -0.3 is 39.6 Å². The third-order valence-electron chi connectivity index (χ3n) is 8.65. The van der Waals surface area contributed by atoms with E-state index in [1.54, 1.807) is 41.3 Å². The van der Waals surface area contributed by atoms with Crippen LogP contribution in [0.1, 0.15) is 25.0 Å². The van der Waals surface area contributed by atoms with Crippen LogP contribution in [0.15, 0.2) is 91.0 Å². The van der Waals surface area contributed by atoms with Crippen LogP contribution in [0, 0.1) is 5.92 Å². The van der Waals surface area contributed by atoms with Crippen molar-refractivity contribution in [3.63, 3.8) is 0 Å². The molecule has 0 fully saturated rings. The van der Waals surface area contributed by atoms with Gasteiger partial charge in [0.05, 0.1) is 19.1 Å². The Morgan fingerprint density at radius 2 is 1.61 bits per heavy atom. The summed E-state index contributed by atoms with van der Waals surface area (Å²) >= 11 is 0. The van der Waals surface area contributed by atoms with Gasteiger partial charge in [-0.1, -0.05) is 37.3 Å². The molecule has 3 atom stereocenters. The fourth-order valence-corrected chi connectivity index (χ4v) is 5.96. The second-order valence-corrected chi connectivity index (χ2v) is 12.6. The molecule has 2 heterocycles. The lowest BCUT2D eigenvalue weighted by molar-refractivity contribution is -0.134. The number of fused-ring (bicyclic) bond motifs is 2. The van der Waals surface area contributed by atoms with E-state index in [0.29, 0.717) is 53.8 Å². The van der Waals surface area contributed by atoms with Crippen molar-refractivity contribution in [2.45, 2.75) is 39.0 Å². The normalized spacial score (nSPS) is 17.7. The number of nitrogens with zero attached hydrogens (tertiary/aromatic N) is 2. The molecular weight excluding hydrogens is 624 g/mol. The van der Waals surface area contributed by atoms with E-state index in [4.69, 9.17) is 18.9 Å². The number of hydrogen-bond acceptors (Lipinski definition) is 8. The molecule has 4 aromatic carbocycles. The van der Waals surface area contributed by atoms with Gasteiger partial charge in [0.25, 0.3) is 0 Å². The Hall–Kier alpha value is -5.26. The number of hydrogen-bond donors (Lipinski definition) is 3. The lowest BCUT2D eigenvalue weighted by Gasteiger charge is -2.34. The van der Waals surface area contributed by atoms with E-state index in [1.807, 2.05) is 56.4 Å². The zero-order valence-electron chi connectivity index (χ0n) is 27.9. The standard InChI is InChI=1S/C38H42N4O7/c1-25-20-42(26(2)23-43)37(44)18-28-17-29(39-38(45)40-30-12-16-34-35(19-30)47-24-46-34)11-15-33(28)49-36(25)22-41(3)21-27-9-13-32(14-10-27)48-31-7-5-4-6-8-31/h4-17,19,25-26,36,43H,18,20-24H2,1-3H3,(H2,39,40,45)/t25-,26+,36-/m0/s1. The Morgan fingerprint density at radius 1 is 0.939 bits per heavy atom. The minimum Gasteiger partial charge on any atom is -0.488 e. The van der Waals surface area contributed by atoms with Crippen molar-refractivity contribution < 1.29 is 33.6 Å². The molecule has 3 N–H and O–H groups in total. The zero-order chi connectivity index (χ0) is 34.3. The number of nitrogens with one attached hydrogen (secondary N) is 2. The number of amides is 3. The maximum atomic E-state index is 13.6. The summed E-state index contributed by atoms with van der Waals surface area (Å²) in [4.78, 5) is 30.5. The van der Waals surface area contributed by atoms with Crippen molar-refractivity contribution in [3.8, 4) is 28.7 Å². The Labute approximate surface area is 286 Å². The number of para-hydroxylation sites is 1. The van der Waals surface area contributed by atoms with Crippen molar-refractivity contribution in [3.05, 3.63) is 102 Å². The van der Waals surface area contributed by atoms with Gasteiger partial charge in [0.1, 0.15) is 23.4 Å². The molecular formula is C38H42N4O7. The maximum absolute atomic E-state index is 13.6. The largest absolute Gasteiger partial charge is 0.488 e. The number of anilines is 2. The van der Waals surface area contributed by atoms with Crippen LogP contribution in [-0.2, 0) is 17.8 Å². The summed E-state index contributed by atoms with van der Waals surface area (Å²) < 4.78 is 23.4. The lowest BCUT2D eigenvalue weighted by Crippen LogP contribution is -2.47.